The van der Waals surface area contributed by atoms with Crippen molar-refractivity contribution in [2.75, 3.05) is 5.32 Å². The summed E-state index contributed by atoms with van der Waals surface area (Å²) in [6, 6.07) is 0.312. The Morgan fingerprint density at radius 3 is 3.00 bits per heavy atom. The van der Waals surface area contributed by atoms with E-state index in [-0.39, 0.29) is 5.78 Å². The first-order valence-electron chi connectivity index (χ1n) is 6.33. The zero-order valence-electron chi connectivity index (χ0n) is 11.4. The molecular weight excluding hydrogens is 240 g/mol. The molecule has 2 aromatic heterocycles. The van der Waals surface area contributed by atoms with Crippen LogP contribution >= 0.6 is 0 Å². The SMILES string of the molecule is CC(=O)/C=C/Cc1c[nH]c2ncc(NC(C)C)nc12. The van der Waals surface area contributed by atoms with E-state index in [2.05, 4.69) is 34.1 Å². The van der Waals surface area contributed by atoms with E-state index in [1.165, 1.54) is 6.92 Å². The van der Waals surface area contributed by atoms with Gasteiger partial charge in [0.15, 0.2) is 11.4 Å². The predicted molar refractivity (Wildman–Crippen MR) is 76.2 cm³/mol. The molecule has 0 saturated heterocycles. The molecule has 5 nitrogen and oxygen atoms in total. The third-order valence-electron chi connectivity index (χ3n) is 2.59. The van der Waals surface area contributed by atoms with Crippen molar-refractivity contribution in [2.24, 2.45) is 0 Å². The second-order valence-corrected chi connectivity index (χ2v) is 4.78. The van der Waals surface area contributed by atoms with Crippen molar-refractivity contribution in [1.29, 1.82) is 0 Å². The number of H-pyrrole nitrogens is 1. The highest BCUT2D eigenvalue weighted by Crippen LogP contribution is 2.17. The van der Waals surface area contributed by atoms with Crippen LogP contribution in [0.1, 0.15) is 26.3 Å². The molecule has 0 bridgehead atoms. The Balaban J connectivity index is 2.26. The summed E-state index contributed by atoms with van der Waals surface area (Å²) in [6.07, 6.45) is 7.68. The zero-order valence-corrected chi connectivity index (χ0v) is 11.4. The number of carbonyl (C=O) groups is 1. The van der Waals surface area contributed by atoms with Gasteiger partial charge in [0.1, 0.15) is 11.3 Å². The van der Waals surface area contributed by atoms with Gasteiger partial charge in [-0.1, -0.05) is 6.08 Å². The lowest BCUT2D eigenvalue weighted by atomic mass is 10.2. The summed E-state index contributed by atoms with van der Waals surface area (Å²) in [5.74, 6) is 0.812. The third-order valence-corrected chi connectivity index (χ3v) is 2.59. The number of fused-ring (bicyclic) bond motifs is 1. The summed E-state index contributed by atoms with van der Waals surface area (Å²) in [5.41, 5.74) is 2.65. The van der Waals surface area contributed by atoms with Gasteiger partial charge in [-0.2, -0.15) is 0 Å². The molecule has 0 amide bonds. The molecule has 0 radical (unpaired) electrons. The molecule has 2 rings (SSSR count). The van der Waals surface area contributed by atoms with Crippen molar-refractivity contribution in [1.82, 2.24) is 15.0 Å². The van der Waals surface area contributed by atoms with Gasteiger partial charge in [0.25, 0.3) is 0 Å². The summed E-state index contributed by atoms with van der Waals surface area (Å²) in [4.78, 5) is 22.8. The van der Waals surface area contributed by atoms with Crippen LogP contribution in [0.25, 0.3) is 11.2 Å². The molecule has 0 atom stereocenters. The van der Waals surface area contributed by atoms with Crippen molar-refractivity contribution in [3.8, 4) is 0 Å². The number of allylic oxidation sites excluding steroid dienone is 2. The van der Waals surface area contributed by atoms with E-state index >= 15 is 0 Å². The van der Waals surface area contributed by atoms with Crippen LogP contribution in [-0.4, -0.2) is 26.8 Å². The second kappa shape index (κ2) is 5.65. The van der Waals surface area contributed by atoms with Crippen LogP contribution in [0.3, 0.4) is 0 Å². The molecule has 0 aliphatic carbocycles. The van der Waals surface area contributed by atoms with Crippen LogP contribution in [0, 0.1) is 0 Å². The van der Waals surface area contributed by atoms with Crippen LogP contribution in [0.5, 0.6) is 0 Å². The fourth-order valence-corrected chi connectivity index (χ4v) is 1.82. The van der Waals surface area contributed by atoms with Gasteiger partial charge in [0.2, 0.25) is 0 Å². The number of nitrogens with zero attached hydrogens (tertiary/aromatic N) is 2. The highest BCUT2D eigenvalue weighted by molar-refractivity contribution is 5.87. The molecule has 0 saturated carbocycles. The molecule has 0 unspecified atom stereocenters. The summed E-state index contributed by atoms with van der Waals surface area (Å²) >= 11 is 0. The van der Waals surface area contributed by atoms with Crippen LogP contribution in [0.2, 0.25) is 0 Å². The normalized spacial score (nSPS) is 11.6. The average Bonchev–Trinajstić information content (AvgIpc) is 2.71. The van der Waals surface area contributed by atoms with E-state index in [0.717, 1.165) is 22.5 Å². The molecule has 0 spiro atoms. The smallest absolute Gasteiger partial charge is 0.156 e. The van der Waals surface area contributed by atoms with Gasteiger partial charge in [-0.3, -0.25) is 4.79 Å². The fourth-order valence-electron chi connectivity index (χ4n) is 1.82. The van der Waals surface area contributed by atoms with Crippen molar-refractivity contribution in [3.63, 3.8) is 0 Å². The van der Waals surface area contributed by atoms with Gasteiger partial charge in [0.05, 0.1) is 6.20 Å². The Hall–Kier alpha value is -2.17. The zero-order chi connectivity index (χ0) is 13.8. The number of anilines is 1. The summed E-state index contributed by atoms with van der Waals surface area (Å²) in [5, 5.41) is 3.23. The van der Waals surface area contributed by atoms with Crippen molar-refractivity contribution < 1.29 is 4.79 Å². The van der Waals surface area contributed by atoms with Gasteiger partial charge in [-0.25, -0.2) is 9.97 Å². The maximum absolute atomic E-state index is 10.9. The minimum absolute atomic E-state index is 0.0492. The van der Waals surface area contributed by atoms with Crippen LogP contribution < -0.4 is 5.32 Å². The van der Waals surface area contributed by atoms with E-state index in [0.29, 0.717) is 12.5 Å². The molecule has 0 fully saturated rings. The molecule has 2 aromatic rings. The summed E-state index contributed by atoms with van der Waals surface area (Å²) < 4.78 is 0. The van der Waals surface area contributed by atoms with E-state index in [1.54, 1.807) is 12.3 Å². The number of carbonyl (C=O) groups excluding carboxylic acids is 1. The van der Waals surface area contributed by atoms with E-state index in [1.807, 2.05) is 12.3 Å². The minimum atomic E-state index is 0.0492. The monoisotopic (exact) mass is 258 g/mol. The maximum atomic E-state index is 10.9. The Bertz CT molecular complexity index is 613. The standard InChI is InChI=1S/C14H18N4O/c1-9(2)17-12-8-16-14-13(18-12)11(7-15-14)6-4-5-10(3)19/h4-5,7-9H,6H2,1-3H3,(H,15,16)(H,17,18)/b5-4+. The lowest BCUT2D eigenvalue weighted by Gasteiger charge is -2.08. The number of rotatable bonds is 5. The lowest BCUT2D eigenvalue weighted by molar-refractivity contribution is -0.112. The molecule has 0 aromatic carbocycles. The lowest BCUT2D eigenvalue weighted by Crippen LogP contribution is -2.11. The van der Waals surface area contributed by atoms with Crippen molar-refractivity contribution in [2.45, 2.75) is 33.2 Å². The molecular formula is C14H18N4O. The van der Waals surface area contributed by atoms with Gasteiger partial charge in [0, 0.05) is 17.8 Å². The van der Waals surface area contributed by atoms with Gasteiger partial charge >= 0.3 is 0 Å². The molecule has 19 heavy (non-hydrogen) atoms. The Morgan fingerprint density at radius 2 is 2.32 bits per heavy atom. The number of ketones is 1. The predicted octanol–water partition coefficient (Wildman–Crippen LogP) is 2.47. The van der Waals surface area contributed by atoms with Crippen LogP contribution in [0.4, 0.5) is 5.82 Å². The van der Waals surface area contributed by atoms with Crippen LogP contribution in [0.15, 0.2) is 24.5 Å². The van der Waals surface area contributed by atoms with Gasteiger partial charge in [-0.05, 0) is 33.3 Å². The van der Waals surface area contributed by atoms with Crippen LogP contribution in [-0.2, 0) is 11.2 Å². The van der Waals surface area contributed by atoms with Gasteiger partial charge < -0.3 is 10.3 Å². The highest BCUT2D eigenvalue weighted by Gasteiger charge is 2.07. The number of aromatic amines is 1. The maximum Gasteiger partial charge on any atom is 0.156 e. The largest absolute Gasteiger partial charge is 0.367 e. The van der Waals surface area contributed by atoms with Crippen molar-refractivity contribution >= 4 is 22.8 Å². The molecule has 2 heterocycles. The first-order chi connectivity index (χ1) is 9.06. The molecule has 0 aliphatic heterocycles. The first kappa shape index (κ1) is 13.3. The fraction of sp³-hybridized carbons (Fsp3) is 0.357. The summed E-state index contributed by atoms with van der Waals surface area (Å²) in [7, 11) is 0. The third kappa shape index (κ3) is 3.40. The molecule has 100 valence electrons. The molecule has 5 heteroatoms. The van der Waals surface area contributed by atoms with E-state index in [4.69, 9.17) is 0 Å². The topological polar surface area (TPSA) is 70.7 Å². The van der Waals surface area contributed by atoms with Crippen molar-refractivity contribution in [3.05, 3.63) is 30.1 Å². The number of hydrogen-bond acceptors (Lipinski definition) is 4. The molecule has 0 aliphatic rings. The first-order valence-corrected chi connectivity index (χ1v) is 6.33. The average molecular weight is 258 g/mol. The minimum Gasteiger partial charge on any atom is -0.367 e. The quantitative estimate of drug-likeness (QED) is 0.808. The Kier molecular flexibility index (Phi) is 3.94. The van der Waals surface area contributed by atoms with Gasteiger partial charge in [-0.15, -0.1) is 0 Å². The second-order valence-electron chi connectivity index (χ2n) is 4.78. The number of nitrogens with one attached hydrogen (secondary N) is 2. The van der Waals surface area contributed by atoms with E-state index < -0.39 is 0 Å². The number of hydrogen-bond donors (Lipinski definition) is 2. The van der Waals surface area contributed by atoms with E-state index in [9.17, 15) is 4.79 Å². The summed E-state index contributed by atoms with van der Waals surface area (Å²) in [6.45, 7) is 5.65. The molecule has 2 N–H and O–H groups in total. The Morgan fingerprint density at radius 1 is 1.53 bits per heavy atom. The Labute approximate surface area is 112 Å². The number of aromatic nitrogens is 3. The highest BCUT2D eigenvalue weighted by atomic mass is 16.1.